The largest absolute Gasteiger partial charge is 0.456 e. The van der Waals surface area contributed by atoms with Crippen molar-refractivity contribution in [2.24, 2.45) is 0 Å². The topological polar surface area (TPSA) is 74.3 Å². The van der Waals surface area contributed by atoms with E-state index in [2.05, 4.69) is 17.1 Å². The number of nitrogens with one attached hydrogen (secondary N) is 2. The molecule has 2 aromatic carbocycles. The minimum absolute atomic E-state index is 0.166. The molecule has 1 fully saturated rings. The van der Waals surface area contributed by atoms with Crippen LogP contribution in [0, 0.1) is 5.41 Å². The molecule has 174 valence electrons. The minimum Gasteiger partial charge on any atom is -0.456 e. The van der Waals surface area contributed by atoms with Crippen molar-refractivity contribution in [3.05, 3.63) is 81.7 Å². The highest BCUT2D eigenvalue weighted by Crippen LogP contribution is 2.28. The lowest BCUT2D eigenvalue weighted by Gasteiger charge is -2.21. The quantitative estimate of drug-likeness (QED) is 0.332. The van der Waals surface area contributed by atoms with Gasteiger partial charge >= 0.3 is 0 Å². The van der Waals surface area contributed by atoms with Gasteiger partial charge in [0.1, 0.15) is 11.3 Å². The molecular weight excluding hydrogens is 448 g/mol. The van der Waals surface area contributed by atoms with Crippen LogP contribution in [0.15, 0.2) is 70.0 Å². The lowest BCUT2D eigenvalue weighted by atomic mass is 10.1. The molecule has 0 bridgehead atoms. The number of fused-ring (bicyclic) bond motifs is 1. The Morgan fingerprint density at radius 1 is 1.18 bits per heavy atom. The van der Waals surface area contributed by atoms with Crippen LogP contribution in [0.1, 0.15) is 25.3 Å². The van der Waals surface area contributed by atoms with Gasteiger partial charge < -0.3 is 15.1 Å². The molecule has 0 unspecified atom stereocenters. The Hall–Kier alpha value is -3.35. The predicted molar refractivity (Wildman–Crippen MR) is 139 cm³/mol. The highest BCUT2D eigenvalue weighted by Gasteiger charge is 2.19. The van der Waals surface area contributed by atoms with Gasteiger partial charge in [0, 0.05) is 59.1 Å². The van der Waals surface area contributed by atoms with Crippen molar-refractivity contribution >= 4 is 34.5 Å². The highest BCUT2D eigenvalue weighted by atomic mass is 35.5. The molecule has 1 aliphatic heterocycles. The third kappa shape index (κ3) is 4.39. The standard InChI is InChI=1S/C27H27ClN4O2/c1-18-3-2-12-31(18)14-11-30-24-9-8-22(15-20(24)17-29)32-13-10-25-23(27(32)33)16-26(34-25)19-4-6-21(28)7-5-19/h4-10,13,15-18,29-30H,2-3,11-12,14H2,1H3/t18-/m0/s1. The summed E-state index contributed by atoms with van der Waals surface area (Å²) >= 11 is 5.98. The first-order valence-corrected chi connectivity index (χ1v) is 12.0. The molecule has 0 amide bonds. The maximum Gasteiger partial charge on any atom is 0.266 e. The fourth-order valence-electron chi connectivity index (χ4n) is 4.63. The molecule has 2 N–H and O–H groups in total. The van der Waals surface area contributed by atoms with Gasteiger partial charge in [-0.15, -0.1) is 0 Å². The summed E-state index contributed by atoms with van der Waals surface area (Å²) < 4.78 is 7.51. The molecule has 0 radical (unpaired) electrons. The van der Waals surface area contributed by atoms with E-state index in [1.54, 1.807) is 35.0 Å². The minimum atomic E-state index is -0.166. The van der Waals surface area contributed by atoms with Gasteiger partial charge in [0.15, 0.2) is 0 Å². The predicted octanol–water partition coefficient (Wildman–Crippen LogP) is 5.80. The van der Waals surface area contributed by atoms with E-state index in [1.165, 1.54) is 19.1 Å². The summed E-state index contributed by atoms with van der Waals surface area (Å²) in [5.74, 6) is 0.619. The van der Waals surface area contributed by atoms with E-state index in [0.717, 1.165) is 36.4 Å². The summed E-state index contributed by atoms with van der Waals surface area (Å²) in [7, 11) is 0. The highest BCUT2D eigenvalue weighted by molar-refractivity contribution is 6.30. The number of furan rings is 1. The first-order valence-electron chi connectivity index (χ1n) is 11.6. The molecular formula is C27H27ClN4O2. The van der Waals surface area contributed by atoms with Crippen molar-refractivity contribution in [3.63, 3.8) is 0 Å². The maximum absolute atomic E-state index is 13.3. The Bertz CT molecular complexity index is 1390. The molecule has 5 rings (SSSR count). The van der Waals surface area contributed by atoms with E-state index >= 15 is 0 Å². The zero-order valence-electron chi connectivity index (χ0n) is 19.1. The normalized spacial score (nSPS) is 16.2. The summed E-state index contributed by atoms with van der Waals surface area (Å²) in [6.07, 6.45) is 5.56. The van der Waals surface area contributed by atoms with Crippen molar-refractivity contribution in [2.45, 2.75) is 25.8 Å². The Labute approximate surface area is 203 Å². The van der Waals surface area contributed by atoms with E-state index in [0.29, 0.717) is 33.5 Å². The molecule has 3 heterocycles. The Balaban J connectivity index is 1.40. The number of halogens is 1. The second kappa shape index (κ2) is 9.49. The van der Waals surface area contributed by atoms with Crippen molar-refractivity contribution in [1.29, 1.82) is 5.41 Å². The zero-order chi connectivity index (χ0) is 23.7. The molecule has 6 nitrogen and oxygen atoms in total. The summed E-state index contributed by atoms with van der Waals surface area (Å²) in [4.78, 5) is 15.8. The van der Waals surface area contributed by atoms with Gasteiger partial charge in [-0.1, -0.05) is 11.6 Å². The molecule has 0 aliphatic carbocycles. The molecule has 7 heteroatoms. The smallest absolute Gasteiger partial charge is 0.266 e. The number of aromatic nitrogens is 1. The van der Waals surface area contributed by atoms with Crippen molar-refractivity contribution in [2.75, 3.05) is 25.0 Å². The van der Waals surface area contributed by atoms with Gasteiger partial charge in [-0.25, -0.2) is 0 Å². The number of hydrogen-bond acceptors (Lipinski definition) is 5. The monoisotopic (exact) mass is 474 g/mol. The molecule has 1 saturated heterocycles. The number of nitrogens with zero attached hydrogens (tertiary/aromatic N) is 2. The van der Waals surface area contributed by atoms with Gasteiger partial charge in [0.2, 0.25) is 0 Å². The molecule has 34 heavy (non-hydrogen) atoms. The SMILES string of the molecule is C[C@H]1CCCN1CCNc1ccc(-n2ccc3oc(-c4ccc(Cl)cc4)cc3c2=O)cc1C=N. The van der Waals surface area contributed by atoms with Crippen LogP contribution in [0.25, 0.3) is 28.0 Å². The van der Waals surface area contributed by atoms with Gasteiger partial charge in [0.25, 0.3) is 5.56 Å². The average Bonchev–Trinajstić information content (AvgIpc) is 3.47. The third-order valence-electron chi connectivity index (χ3n) is 6.59. The Morgan fingerprint density at radius 2 is 2.00 bits per heavy atom. The van der Waals surface area contributed by atoms with Crippen LogP contribution in [0.4, 0.5) is 5.69 Å². The van der Waals surface area contributed by atoms with E-state index in [-0.39, 0.29) is 5.56 Å². The van der Waals surface area contributed by atoms with E-state index in [4.69, 9.17) is 21.4 Å². The summed E-state index contributed by atoms with van der Waals surface area (Å²) in [5.41, 5.74) is 3.57. The van der Waals surface area contributed by atoms with E-state index < -0.39 is 0 Å². The molecule has 1 atom stereocenters. The lowest BCUT2D eigenvalue weighted by molar-refractivity contribution is 0.279. The Kier molecular flexibility index (Phi) is 6.26. The van der Waals surface area contributed by atoms with Crippen molar-refractivity contribution in [1.82, 2.24) is 9.47 Å². The number of pyridine rings is 1. The lowest BCUT2D eigenvalue weighted by Crippen LogP contribution is -2.31. The van der Waals surface area contributed by atoms with Gasteiger partial charge in [-0.05, 0) is 80.9 Å². The molecule has 2 aromatic heterocycles. The maximum atomic E-state index is 13.3. The molecule has 0 saturated carbocycles. The second-order valence-electron chi connectivity index (χ2n) is 8.76. The van der Waals surface area contributed by atoms with Gasteiger partial charge in [0.05, 0.1) is 5.39 Å². The summed E-state index contributed by atoms with van der Waals surface area (Å²) in [5, 5.41) is 12.5. The number of anilines is 1. The fourth-order valence-corrected chi connectivity index (χ4v) is 4.76. The van der Waals surface area contributed by atoms with Crippen LogP contribution < -0.4 is 10.9 Å². The average molecular weight is 475 g/mol. The Morgan fingerprint density at radius 3 is 2.74 bits per heavy atom. The van der Waals surface area contributed by atoms with Gasteiger partial charge in [-0.2, -0.15) is 0 Å². The van der Waals surface area contributed by atoms with Crippen LogP contribution in [0.3, 0.4) is 0 Å². The van der Waals surface area contributed by atoms with Crippen molar-refractivity contribution in [3.8, 4) is 17.0 Å². The summed E-state index contributed by atoms with van der Waals surface area (Å²) in [6, 6.07) is 17.2. The van der Waals surface area contributed by atoms with E-state index in [9.17, 15) is 4.79 Å². The van der Waals surface area contributed by atoms with E-state index in [1.807, 2.05) is 30.3 Å². The first kappa shape index (κ1) is 22.4. The first-order chi connectivity index (χ1) is 16.5. The number of rotatable bonds is 7. The van der Waals surface area contributed by atoms with Crippen LogP contribution >= 0.6 is 11.6 Å². The third-order valence-corrected chi connectivity index (χ3v) is 6.84. The fraction of sp³-hybridized carbons (Fsp3) is 0.259. The van der Waals surface area contributed by atoms with Crippen molar-refractivity contribution < 1.29 is 4.42 Å². The zero-order valence-corrected chi connectivity index (χ0v) is 19.8. The number of likely N-dealkylation sites (tertiary alicyclic amines) is 1. The molecule has 0 spiro atoms. The summed E-state index contributed by atoms with van der Waals surface area (Å²) in [6.45, 7) is 5.22. The van der Waals surface area contributed by atoms with Crippen LogP contribution in [-0.2, 0) is 0 Å². The molecule has 1 aliphatic rings. The van der Waals surface area contributed by atoms with Gasteiger partial charge in [-0.3, -0.25) is 14.3 Å². The van der Waals surface area contributed by atoms with Crippen LogP contribution in [0.2, 0.25) is 5.02 Å². The second-order valence-corrected chi connectivity index (χ2v) is 9.19. The number of hydrogen-bond donors (Lipinski definition) is 2. The van der Waals surface area contributed by atoms with Crippen LogP contribution in [0.5, 0.6) is 0 Å². The van der Waals surface area contributed by atoms with Crippen LogP contribution in [-0.4, -0.2) is 41.4 Å². The number of benzene rings is 2. The molecule has 4 aromatic rings.